The first-order valence-corrected chi connectivity index (χ1v) is 12.5. The Morgan fingerprint density at radius 3 is 2.58 bits per heavy atom. The third-order valence-corrected chi connectivity index (χ3v) is 8.55. The molecule has 6 nitrogen and oxygen atoms in total. The Bertz CT molecular complexity index is 983. The van der Waals surface area contributed by atoms with Crippen LogP contribution in [0.5, 0.6) is 0 Å². The van der Waals surface area contributed by atoms with Gasteiger partial charge in [0.2, 0.25) is 10.0 Å². The zero-order valence-electron chi connectivity index (χ0n) is 18.4. The van der Waals surface area contributed by atoms with E-state index in [2.05, 4.69) is 4.98 Å². The van der Waals surface area contributed by atoms with Crippen molar-refractivity contribution in [3.63, 3.8) is 0 Å². The number of aromatic nitrogens is 1. The van der Waals surface area contributed by atoms with Crippen molar-refractivity contribution in [2.45, 2.75) is 56.6 Å². The van der Waals surface area contributed by atoms with Crippen molar-refractivity contribution in [3.8, 4) is 0 Å². The van der Waals surface area contributed by atoms with Crippen LogP contribution in [0.2, 0.25) is 0 Å². The summed E-state index contributed by atoms with van der Waals surface area (Å²) >= 11 is 0. The van der Waals surface area contributed by atoms with Crippen LogP contribution in [0.3, 0.4) is 0 Å². The predicted molar refractivity (Wildman–Crippen MR) is 119 cm³/mol. The lowest BCUT2D eigenvalue weighted by molar-refractivity contribution is -0.0619. The molecule has 1 aromatic carbocycles. The predicted octanol–water partition coefficient (Wildman–Crippen LogP) is 3.87. The van der Waals surface area contributed by atoms with Gasteiger partial charge in [-0.2, -0.15) is 4.31 Å². The van der Waals surface area contributed by atoms with Gasteiger partial charge in [-0.3, -0.25) is 4.98 Å². The molecule has 0 N–H and O–H groups in total. The van der Waals surface area contributed by atoms with Crippen molar-refractivity contribution < 1.29 is 17.9 Å². The van der Waals surface area contributed by atoms with Gasteiger partial charge in [0.15, 0.2) is 0 Å². The minimum absolute atomic E-state index is 0.218. The number of hydrogen-bond acceptors (Lipinski definition) is 5. The Labute approximate surface area is 185 Å². The van der Waals surface area contributed by atoms with Crippen LogP contribution in [0.25, 0.3) is 0 Å². The number of ether oxygens (including phenoxy) is 2. The number of sulfonamides is 1. The molecular weight excluding hydrogens is 412 g/mol. The van der Waals surface area contributed by atoms with Crippen molar-refractivity contribution in [2.75, 3.05) is 26.3 Å². The maximum Gasteiger partial charge on any atom is 0.243 e. The number of piperidine rings is 1. The molecule has 0 radical (unpaired) electrons. The second-order valence-corrected chi connectivity index (χ2v) is 10.7. The summed E-state index contributed by atoms with van der Waals surface area (Å²) in [5.41, 5.74) is 2.78. The molecule has 1 aromatic heterocycles. The van der Waals surface area contributed by atoms with Gasteiger partial charge in [-0.25, -0.2) is 8.42 Å². The van der Waals surface area contributed by atoms with Crippen LogP contribution < -0.4 is 0 Å². The first-order valence-electron chi connectivity index (χ1n) is 11.1. The fraction of sp³-hybridized carbons (Fsp3) is 0.542. The number of hydrogen-bond donors (Lipinski definition) is 0. The largest absolute Gasteiger partial charge is 0.375 e. The molecule has 2 aromatic rings. The van der Waals surface area contributed by atoms with E-state index < -0.39 is 10.0 Å². The van der Waals surface area contributed by atoms with Gasteiger partial charge in [0.05, 0.1) is 22.8 Å². The van der Waals surface area contributed by atoms with E-state index in [1.165, 1.54) is 0 Å². The Hall–Kier alpha value is -1.80. The molecule has 31 heavy (non-hydrogen) atoms. The third kappa shape index (κ3) is 5.00. The zero-order valence-corrected chi connectivity index (χ0v) is 19.2. The summed E-state index contributed by atoms with van der Waals surface area (Å²) in [6.45, 7) is 6.87. The molecule has 2 fully saturated rings. The highest BCUT2D eigenvalue weighted by atomic mass is 32.2. The first kappa shape index (κ1) is 22.4. The third-order valence-electron chi connectivity index (χ3n) is 6.63. The molecule has 1 unspecified atom stereocenters. The van der Waals surface area contributed by atoms with Crippen LogP contribution in [0.15, 0.2) is 47.4 Å². The van der Waals surface area contributed by atoms with Crippen molar-refractivity contribution in [1.29, 1.82) is 0 Å². The molecule has 2 saturated heterocycles. The van der Waals surface area contributed by atoms with E-state index in [0.29, 0.717) is 37.1 Å². The van der Waals surface area contributed by atoms with Crippen molar-refractivity contribution in [2.24, 2.45) is 5.92 Å². The van der Waals surface area contributed by atoms with Crippen LogP contribution in [-0.2, 0) is 26.1 Å². The average molecular weight is 445 g/mol. The Morgan fingerprint density at radius 2 is 1.87 bits per heavy atom. The quantitative estimate of drug-likeness (QED) is 0.607. The standard InChI is InChI=1S/C24H32N2O4S/c1-19-6-8-23(9-7-19)31(27,28)26-14-12-24(13-15-26)21(11-17-30-24)10-16-29-18-22-5-3-4-20(2)25-22/h3-9,21H,10-18H2,1-2H3. The minimum Gasteiger partial charge on any atom is -0.375 e. The molecule has 4 rings (SSSR count). The Morgan fingerprint density at radius 1 is 1.13 bits per heavy atom. The van der Waals surface area contributed by atoms with Crippen LogP contribution in [0.1, 0.15) is 42.6 Å². The van der Waals surface area contributed by atoms with Gasteiger partial charge in [0.25, 0.3) is 0 Å². The molecule has 0 bridgehead atoms. The van der Waals surface area contributed by atoms with Gasteiger partial charge in [0, 0.05) is 32.0 Å². The van der Waals surface area contributed by atoms with Crippen LogP contribution in [0.4, 0.5) is 0 Å². The lowest BCUT2D eigenvalue weighted by Crippen LogP contribution is -2.49. The summed E-state index contributed by atoms with van der Waals surface area (Å²) in [6.07, 6.45) is 3.41. The van der Waals surface area contributed by atoms with E-state index in [1.807, 2.05) is 44.2 Å². The lowest BCUT2D eigenvalue weighted by atomic mass is 9.78. The summed E-state index contributed by atoms with van der Waals surface area (Å²) in [6, 6.07) is 13.1. The van der Waals surface area contributed by atoms with Crippen LogP contribution in [-0.4, -0.2) is 49.6 Å². The lowest BCUT2D eigenvalue weighted by Gasteiger charge is -2.41. The SMILES string of the molecule is Cc1ccc(S(=O)(=O)N2CCC3(CC2)OCCC3CCOCc2cccc(C)n2)cc1. The zero-order chi connectivity index (χ0) is 21.9. The van der Waals surface area contributed by atoms with E-state index in [0.717, 1.165) is 49.2 Å². The van der Waals surface area contributed by atoms with E-state index in [9.17, 15) is 8.42 Å². The molecule has 3 heterocycles. The van der Waals surface area contributed by atoms with Crippen molar-refractivity contribution in [1.82, 2.24) is 9.29 Å². The number of benzene rings is 1. The second-order valence-electron chi connectivity index (χ2n) is 8.73. The van der Waals surface area contributed by atoms with E-state index in [-0.39, 0.29) is 5.60 Å². The minimum atomic E-state index is -3.45. The topological polar surface area (TPSA) is 68.7 Å². The Kier molecular flexibility index (Phi) is 6.77. The van der Waals surface area contributed by atoms with Crippen LogP contribution >= 0.6 is 0 Å². The highest BCUT2D eigenvalue weighted by molar-refractivity contribution is 7.89. The van der Waals surface area contributed by atoms with Gasteiger partial charge < -0.3 is 9.47 Å². The van der Waals surface area contributed by atoms with E-state index in [1.54, 1.807) is 16.4 Å². The molecule has 1 atom stereocenters. The van der Waals surface area contributed by atoms with Gasteiger partial charge in [-0.05, 0) is 69.7 Å². The van der Waals surface area contributed by atoms with E-state index in [4.69, 9.17) is 9.47 Å². The second kappa shape index (κ2) is 9.36. The van der Waals surface area contributed by atoms with Gasteiger partial charge in [-0.1, -0.05) is 23.8 Å². The molecule has 1 spiro atoms. The number of pyridine rings is 1. The maximum atomic E-state index is 13.0. The molecule has 168 valence electrons. The summed E-state index contributed by atoms with van der Waals surface area (Å²) in [5, 5.41) is 0. The molecule has 7 heteroatoms. The number of rotatable bonds is 7. The summed E-state index contributed by atoms with van der Waals surface area (Å²) in [5.74, 6) is 0.405. The smallest absolute Gasteiger partial charge is 0.243 e. The molecular formula is C24H32N2O4S. The average Bonchev–Trinajstić information content (AvgIpc) is 3.13. The fourth-order valence-corrected chi connectivity index (χ4v) is 6.23. The van der Waals surface area contributed by atoms with Crippen molar-refractivity contribution >= 4 is 10.0 Å². The number of aryl methyl sites for hydroxylation is 2. The van der Waals surface area contributed by atoms with Gasteiger partial charge >= 0.3 is 0 Å². The monoisotopic (exact) mass is 444 g/mol. The molecule has 0 aliphatic carbocycles. The normalized spacial score (nSPS) is 21.5. The van der Waals surface area contributed by atoms with Crippen LogP contribution in [0, 0.1) is 19.8 Å². The molecule has 0 amide bonds. The highest BCUT2D eigenvalue weighted by Crippen LogP contribution is 2.43. The van der Waals surface area contributed by atoms with Crippen molar-refractivity contribution in [3.05, 3.63) is 59.4 Å². The summed E-state index contributed by atoms with van der Waals surface area (Å²) < 4.78 is 39.7. The summed E-state index contributed by atoms with van der Waals surface area (Å²) in [7, 11) is -3.45. The number of nitrogens with zero attached hydrogens (tertiary/aromatic N) is 2. The van der Waals surface area contributed by atoms with Gasteiger partial charge in [-0.15, -0.1) is 0 Å². The summed E-state index contributed by atoms with van der Waals surface area (Å²) in [4.78, 5) is 4.85. The van der Waals surface area contributed by atoms with Gasteiger partial charge in [0.1, 0.15) is 0 Å². The molecule has 0 saturated carbocycles. The first-order chi connectivity index (χ1) is 14.9. The fourth-order valence-electron chi connectivity index (χ4n) is 4.79. The van der Waals surface area contributed by atoms with E-state index >= 15 is 0 Å². The molecule has 2 aliphatic rings. The maximum absolute atomic E-state index is 13.0. The molecule has 2 aliphatic heterocycles. The highest BCUT2D eigenvalue weighted by Gasteiger charge is 2.47. The Balaban J connectivity index is 1.31.